The second kappa shape index (κ2) is 7.30. The minimum Gasteiger partial charge on any atom is -0.403 e. The van der Waals surface area contributed by atoms with Crippen molar-refractivity contribution in [1.29, 1.82) is 0 Å². The van der Waals surface area contributed by atoms with Gasteiger partial charge in [0.15, 0.2) is 0 Å². The Hall–Kier alpha value is -2.95. The third-order valence-electron chi connectivity index (χ3n) is 4.22. The number of rotatable bonds is 5. The van der Waals surface area contributed by atoms with Crippen LogP contribution in [-0.4, -0.2) is 16.1 Å². The SMILES string of the molecule is CCc1ccc(CC(=O)Nc2nnc(-c3ccc(C)c(C)c3)o2)cc1. The van der Waals surface area contributed by atoms with Gasteiger partial charge in [0, 0.05) is 5.56 Å². The van der Waals surface area contributed by atoms with E-state index < -0.39 is 0 Å². The summed E-state index contributed by atoms with van der Waals surface area (Å²) in [7, 11) is 0. The molecular formula is C20H21N3O2. The van der Waals surface area contributed by atoms with Crippen LogP contribution in [0.2, 0.25) is 0 Å². The fourth-order valence-electron chi connectivity index (χ4n) is 2.51. The molecule has 0 saturated heterocycles. The smallest absolute Gasteiger partial charge is 0.322 e. The maximum atomic E-state index is 12.1. The summed E-state index contributed by atoms with van der Waals surface area (Å²) >= 11 is 0. The summed E-state index contributed by atoms with van der Waals surface area (Å²) in [6.45, 7) is 6.18. The standard InChI is InChI=1S/C20H21N3O2/c1-4-15-6-8-16(9-7-15)12-18(24)21-20-23-22-19(25-20)17-10-5-13(2)14(3)11-17/h5-11H,4,12H2,1-3H3,(H,21,23,24). The van der Waals surface area contributed by atoms with Crippen molar-refractivity contribution in [3.05, 3.63) is 64.7 Å². The van der Waals surface area contributed by atoms with Gasteiger partial charge in [-0.3, -0.25) is 10.1 Å². The summed E-state index contributed by atoms with van der Waals surface area (Å²) in [6.07, 6.45) is 1.25. The van der Waals surface area contributed by atoms with E-state index in [4.69, 9.17) is 4.42 Å². The largest absolute Gasteiger partial charge is 0.403 e. The van der Waals surface area contributed by atoms with Crippen LogP contribution in [-0.2, 0) is 17.6 Å². The fourth-order valence-corrected chi connectivity index (χ4v) is 2.51. The first-order valence-corrected chi connectivity index (χ1v) is 8.34. The van der Waals surface area contributed by atoms with Crippen LogP contribution in [0.3, 0.4) is 0 Å². The molecule has 0 aliphatic rings. The van der Waals surface area contributed by atoms with Crippen molar-refractivity contribution in [2.24, 2.45) is 0 Å². The minimum atomic E-state index is -0.181. The lowest BCUT2D eigenvalue weighted by Gasteiger charge is -2.03. The number of carbonyl (C=O) groups excluding carboxylic acids is 1. The highest BCUT2D eigenvalue weighted by atomic mass is 16.4. The summed E-state index contributed by atoms with van der Waals surface area (Å²) in [4.78, 5) is 12.1. The van der Waals surface area contributed by atoms with E-state index in [0.29, 0.717) is 5.89 Å². The molecule has 1 amide bonds. The molecule has 3 aromatic rings. The van der Waals surface area contributed by atoms with Gasteiger partial charge in [0.1, 0.15) is 0 Å². The first-order chi connectivity index (χ1) is 12.0. The zero-order valence-corrected chi connectivity index (χ0v) is 14.7. The number of nitrogens with one attached hydrogen (secondary N) is 1. The molecule has 1 N–H and O–H groups in total. The van der Waals surface area contributed by atoms with Crippen molar-refractivity contribution in [2.45, 2.75) is 33.6 Å². The van der Waals surface area contributed by atoms with Crippen LogP contribution in [0.25, 0.3) is 11.5 Å². The molecule has 1 heterocycles. The zero-order valence-electron chi connectivity index (χ0n) is 14.7. The van der Waals surface area contributed by atoms with Crippen LogP contribution in [0, 0.1) is 13.8 Å². The van der Waals surface area contributed by atoms with E-state index in [0.717, 1.165) is 23.1 Å². The summed E-state index contributed by atoms with van der Waals surface area (Å²) in [5.74, 6) is 0.213. The molecule has 5 nitrogen and oxygen atoms in total. The Bertz CT molecular complexity index is 882. The number of benzene rings is 2. The molecule has 0 unspecified atom stereocenters. The number of aromatic nitrogens is 2. The molecule has 25 heavy (non-hydrogen) atoms. The number of hydrogen-bond acceptors (Lipinski definition) is 4. The van der Waals surface area contributed by atoms with Crippen LogP contribution >= 0.6 is 0 Å². The molecule has 0 spiro atoms. The highest BCUT2D eigenvalue weighted by molar-refractivity contribution is 5.90. The van der Waals surface area contributed by atoms with Crippen molar-refractivity contribution < 1.29 is 9.21 Å². The third-order valence-corrected chi connectivity index (χ3v) is 4.22. The number of aryl methyl sites for hydroxylation is 3. The fraction of sp³-hybridized carbons (Fsp3) is 0.250. The summed E-state index contributed by atoms with van der Waals surface area (Å²) < 4.78 is 5.56. The molecule has 5 heteroatoms. The quantitative estimate of drug-likeness (QED) is 0.762. The van der Waals surface area contributed by atoms with E-state index in [1.165, 1.54) is 11.1 Å². The highest BCUT2D eigenvalue weighted by Crippen LogP contribution is 2.22. The lowest BCUT2D eigenvalue weighted by molar-refractivity contribution is -0.115. The van der Waals surface area contributed by atoms with Gasteiger partial charge in [0.2, 0.25) is 11.8 Å². The molecule has 3 rings (SSSR count). The molecule has 0 aliphatic carbocycles. The van der Waals surface area contributed by atoms with Crippen molar-refractivity contribution >= 4 is 11.9 Å². The monoisotopic (exact) mass is 335 g/mol. The molecule has 128 valence electrons. The Morgan fingerprint density at radius 2 is 1.72 bits per heavy atom. The van der Waals surface area contributed by atoms with Gasteiger partial charge in [-0.15, -0.1) is 5.10 Å². The lowest BCUT2D eigenvalue weighted by atomic mass is 10.1. The number of anilines is 1. The minimum absolute atomic E-state index is 0.114. The van der Waals surface area contributed by atoms with Gasteiger partial charge >= 0.3 is 6.01 Å². The van der Waals surface area contributed by atoms with Crippen LogP contribution in [0.15, 0.2) is 46.9 Å². The van der Waals surface area contributed by atoms with E-state index >= 15 is 0 Å². The zero-order chi connectivity index (χ0) is 17.8. The number of carbonyl (C=O) groups is 1. The van der Waals surface area contributed by atoms with E-state index in [2.05, 4.69) is 22.4 Å². The molecule has 0 radical (unpaired) electrons. The summed E-state index contributed by atoms with van der Waals surface area (Å²) in [5, 5.41) is 10.6. The number of hydrogen-bond donors (Lipinski definition) is 1. The number of amides is 1. The Balaban J connectivity index is 1.65. The topological polar surface area (TPSA) is 68.0 Å². The van der Waals surface area contributed by atoms with Gasteiger partial charge in [0.05, 0.1) is 6.42 Å². The first kappa shape index (κ1) is 16.9. The Morgan fingerprint density at radius 3 is 2.40 bits per heavy atom. The van der Waals surface area contributed by atoms with Gasteiger partial charge in [-0.1, -0.05) is 42.4 Å². The summed E-state index contributed by atoms with van der Waals surface area (Å²) in [6, 6.07) is 14.0. The van der Waals surface area contributed by atoms with Gasteiger partial charge in [-0.05, 0) is 54.7 Å². The van der Waals surface area contributed by atoms with E-state index in [9.17, 15) is 4.79 Å². The van der Waals surface area contributed by atoms with Gasteiger partial charge < -0.3 is 4.42 Å². The van der Waals surface area contributed by atoms with Crippen molar-refractivity contribution in [3.63, 3.8) is 0 Å². The van der Waals surface area contributed by atoms with Crippen LogP contribution in [0.1, 0.15) is 29.2 Å². The van der Waals surface area contributed by atoms with Crippen molar-refractivity contribution in [1.82, 2.24) is 10.2 Å². The Kier molecular flexibility index (Phi) is 4.93. The summed E-state index contributed by atoms with van der Waals surface area (Å²) in [5.41, 5.74) is 5.39. The maximum Gasteiger partial charge on any atom is 0.322 e. The van der Waals surface area contributed by atoms with Crippen molar-refractivity contribution in [3.8, 4) is 11.5 Å². The number of nitrogens with zero attached hydrogens (tertiary/aromatic N) is 2. The van der Waals surface area contributed by atoms with Gasteiger partial charge in [-0.2, -0.15) is 0 Å². The normalized spacial score (nSPS) is 10.7. The molecule has 2 aromatic carbocycles. The van der Waals surface area contributed by atoms with E-state index in [1.807, 2.05) is 56.3 Å². The molecule has 0 saturated carbocycles. The first-order valence-electron chi connectivity index (χ1n) is 8.34. The molecule has 0 bridgehead atoms. The van der Waals surface area contributed by atoms with E-state index in [1.54, 1.807) is 0 Å². The molecule has 0 fully saturated rings. The Morgan fingerprint density at radius 1 is 1.00 bits per heavy atom. The third kappa shape index (κ3) is 4.12. The molecule has 1 aromatic heterocycles. The molecular weight excluding hydrogens is 314 g/mol. The second-order valence-corrected chi connectivity index (χ2v) is 6.11. The highest BCUT2D eigenvalue weighted by Gasteiger charge is 2.12. The Labute approximate surface area is 147 Å². The van der Waals surface area contributed by atoms with E-state index in [-0.39, 0.29) is 18.3 Å². The maximum absolute atomic E-state index is 12.1. The molecule has 0 atom stereocenters. The van der Waals surface area contributed by atoms with Crippen LogP contribution < -0.4 is 5.32 Å². The average Bonchev–Trinajstić information content (AvgIpc) is 3.06. The van der Waals surface area contributed by atoms with Gasteiger partial charge in [-0.25, -0.2) is 0 Å². The lowest BCUT2D eigenvalue weighted by Crippen LogP contribution is -2.14. The van der Waals surface area contributed by atoms with Crippen molar-refractivity contribution in [2.75, 3.05) is 5.32 Å². The predicted octanol–water partition coefficient (Wildman–Crippen LogP) is 4.10. The average molecular weight is 335 g/mol. The predicted molar refractivity (Wildman–Crippen MR) is 97.4 cm³/mol. The second-order valence-electron chi connectivity index (χ2n) is 6.11. The molecule has 0 aliphatic heterocycles. The van der Waals surface area contributed by atoms with Gasteiger partial charge in [0.25, 0.3) is 0 Å². The van der Waals surface area contributed by atoms with Crippen LogP contribution in [0.5, 0.6) is 0 Å². The van der Waals surface area contributed by atoms with Crippen LogP contribution in [0.4, 0.5) is 6.01 Å².